The Kier molecular flexibility index (Phi) is 6.16. The first-order valence-corrected chi connectivity index (χ1v) is 10.5. The van der Waals surface area contributed by atoms with Gasteiger partial charge in [0.25, 0.3) is 11.5 Å². The fraction of sp³-hybridized carbons (Fsp3) is 0.167. The quantitative estimate of drug-likeness (QED) is 0.422. The molecular weight excluding hydrogens is 461 g/mol. The van der Waals surface area contributed by atoms with Crippen molar-refractivity contribution in [1.29, 1.82) is 0 Å². The largest absolute Gasteiger partial charge is 0.416 e. The van der Waals surface area contributed by atoms with Crippen molar-refractivity contribution in [3.63, 3.8) is 0 Å². The third-order valence-corrected chi connectivity index (χ3v) is 5.46. The van der Waals surface area contributed by atoms with Gasteiger partial charge in [0.1, 0.15) is 0 Å². The number of nitrogens with two attached hydrogens (primary N) is 1. The SMILES string of the molecule is C[C@@H](NC(=O)c1ccc(=O)n(-c2cccc(-c3cnnn3C)c2)c1)c1cc(N)cc(C(F)(F)F)c1. The molecule has 0 spiro atoms. The van der Waals surface area contributed by atoms with E-state index in [0.29, 0.717) is 5.69 Å². The minimum absolute atomic E-state index is 0.0621. The summed E-state index contributed by atoms with van der Waals surface area (Å²) in [6, 6.07) is 12.1. The van der Waals surface area contributed by atoms with Crippen molar-refractivity contribution in [2.75, 3.05) is 5.73 Å². The van der Waals surface area contributed by atoms with Crippen LogP contribution in [0.15, 0.2) is 71.8 Å². The third-order valence-electron chi connectivity index (χ3n) is 5.46. The van der Waals surface area contributed by atoms with Gasteiger partial charge in [-0.2, -0.15) is 13.2 Å². The summed E-state index contributed by atoms with van der Waals surface area (Å²) >= 11 is 0. The molecule has 11 heteroatoms. The smallest absolute Gasteiger partial charge is 0.399 e. The van der Waals surface area contributed by atoms with Gasteiger partial charge in [0.15, 0.2) is 0 Å². The first kappa shape index (κ1) is 23.7. The van der Waals surface area contributed by atoms with E-state index in [2.05, 4.69) is 15.6 Å². The summed E-state index contributed by atoms with van der Waals surface area (Å²) in [7, 11) is 1.74. The Morgan fingerprint density at radius 1 is 1.11 bits per heavy atom. The molecule has 4 aromatic rings. The van der Waals surface area contributed by atoms with Crippen LogP contribution < -0.4 is 16.6 Å². The predicted molar refractivity (Wildman–Crippen MR) is 124 cm³/mol. The number of alkyl halides is 3. The maximum atomic E-state index is 13.1. The molecule has 0 unspecified atom stereocenters. The van der Waals surface area contributed by atoms with Crippen LogP contribution >= 0.6 is 0 Å². The third kappa shape index (κ3) is 5.08. The molecule has 0 aliphatic rings. The van der Waals surface area contributed by atoms with E-state index in [1.807, 2.05) is 6.07 Å². The fourth-order valence-corrected chi connectivity index (χ4v) is 3.64. The molecular formula is C24H21F3N6O2. The van der Waals surface area contributed by atoms with Crippen molar-refractivity contribution >= 4 is 11.6 Å². The van der Waals surface area contributed by atoms with Crippen LogP contribution in [0.1, 0.15) is 34.5 Å². The molecule has 8 nitrogen and oxygen atoms in total. The monoisotopic (exact) mass is 482 g/mol. The average molecular weight is 482 g/mol. The number of rotatable bonds is 5. The summed E-state index contributed by atoms with van der Waals surface area (Å²) < 4.78 is 42.3. The van der Waals surface area contributed by atoms with Gasteiger partial charge in [-0.05, 0) is 48.9 Å². The van der Waals surface area contributed by atoms with Crippen LogP contribution in [-0.4, -0.2) is 25.5 Å². The lowest BCUT2D eigenvalue weighted by atomic mass is 10.0. The highest BCUT2D eigenvalue weighted by molar-refractivity contribution is 5.94. The Bertz CT molecular complexity index is 1460. The number of nitrogens with zero attached hydrogens (tertiary/aromatic N) is 4. The number of amides is 1. The summed E-state index contributed by atoms with van der Waals surface area (Å²) in [6.45, 7) is 1.55. The highest BCUT2D eigenvalue weighted by Crippen LogP contribution is 2.32. The van der Waals surface area contributed by atoms with E-state index < -0.39 is 23.7 Å². The molecule has 1 atom stereocenters. The number of hydrogen-bond acceptors (Lipinski definition) is 5. The highest BCUT2D eigenvalue weighted by Gasteiger charge is 2.31. The van der Waals surface area contributed by atoms with Gasteiger partial charge in [-0.1, -0.05) is 17.3 Å². The molecule has 0 saturated heterocycles. The fourth-order valence-electron chi connectivity index (χ4n) is 3.64. The number of carbonyl (C=O) groups is 1. The van der Waals surface area contributed by atoms with Crippen LogP contribution in [0, 0.1) is 0 Å². The van der Waals surface area contributed by atoms with Crippen molar-refractivity contribution in [2.45, 2.75) is 19.1 Å². The summed E-state index contributed by atoms with van der Waals surface area (Å²) in [6.07, 6.45) is -1.59. The zero-order valence-corrected chi connectivity index (χ0v) is 18.7. The number of aromatic nitrogens is 4. The number of halogens is 3. The topological polar surface area (TPSA) is 108 Å². The lowest BCUT2D eigenvalue weighted by Gasteiger charge is -2.18. The summed E-state index contributed by atoms with van der Waals surface area (Å²) in [5.74, 6) is -0.561. The van der Waals surface area contributed by atoms with Gasteiger partial charge in [-0.3, -0.25) is 14.2 Å². The highest BCUT2D eigenvalue weighted by atomic mass is 19.4. The van der Waals surface area contributed by atoms with Gasteiger partial charge in [0.2, 0.25) is 0 Å². The molecule has 35 heavy (non-hydrogen) atoms. The molecule has 2 heterocycles. The molecule has 0 bridgehead atoms. The van der Waals surface area contributed by atoms with Gasteiger partial charge in [-0.25, -0.2) is 4.68 Å². The van der Waals surface area contributed by atoms with Crippen molar-refractivity contribution < 1.29 is 18.0 Å². The van der Waals surface area contributed by atoms with E-state index in [4.69, 9.17) is 5.73 Å². The number of carbonyl (C=O) groups excluding carboxylic acids is 1. The minimum Gasteiger partial charge on any atom is -0.399 e. The van der Waals surface area contributed by atoms with E-state index in [1.165, 1.54) is 29.0 Å². The minimum atomic E-state index is -4.57. The van der Waals surface area contributed by atoms with Crippen LogP contribution in [-0.2, 0) is 13.2 Å². The van der Waals surface area contributed by atoms with E-state index in [1.54, 1.807) is 43.0 Å². The Morgan fingerprint density at radius 2 is 1.89 bits per heavy atom. The second kappa shape index (κ2) is 9.09. The molecule has 180 valence electrons. The zero-order valence-electron chi connectivity index (χ0n) is 18.7. The molecule has 0 saturated carbocycles. The maximum absolute atomic E-state index is 13.1. The zero-order chi connectivity index (χ0) is 25.3. The second-order valence-electron chi connectivity index (χ2n) is 8.00. The number of nitrogen functional groups attached to an aromatic ring is 1. The Balaban J connectivity index is 1.61. The van der Waals surface area contributed by atoms with Crippen molar-refractivity contribution in [2.24, 2.45) is 7.05 Å². The van der Waals surface area contributed by atoms with E-state index in [9.17, 15) is 22.8 Å². The van der Waals surface area contributed by atoms with Crippen LogP contribution in [0.3, 0.4) is 0 Å². The normalized spacial score (nSPS) is 12.4. The standard InChI is InChI=1S/C24H21F3N6O2/c1-14(17-8-18(24(25,26)27)11-19(28)9-17)30-23(35)16-6-7-22(34)33(13-16)20-5-3-4-15(10-20)21-12-29-31-32(21)2/h3-14H,28H2,1-2H3,(H,30,35)/t14-/m1/s1. The molecule has 1 amide bonds. The van der Waals surface area contributed by atoms with Crippen LogP contribution in [0.4, 0.5) is 18.9 Å². The van der Waals surface area contributed by atoms with E-state index in [0.717, 1.165) is 23.4 Å². The average Bonchev–Trinajstić information content (AvgIpc) is 3.24. The first-order valence-electron chi connectivity index (χ1n) is 10.5. The number of aryl methyl sites for hydroxylation is 1. The lowest BCUT2D eigenvalue weighted by Crippen LogP contribution is -2.28. The van der Waals surface area contributed by atoms with E-state index >= 15 is 0 Å². The number of benzene rings is 2. The van der Waals surface area contributed by atoms with Crippen molar-refractivity contribution in [1.82, 2.24) is 24.9 Å². The molecule has 2 aromatic heterocycles. The number of hydrogen-bond donors (Lipinski definition) is 2. The molecule has 0 fully saturated rings. The second-order valence-corrected chi connectivity index (χ2v) is 8.00. The summed E-state index contributed by atoms with van der Waals surface area (Å²) in [5.41, 5.74) is 6.70. The van der Waals surface area contributed by atoms with Crippen molar-refractivity contribution in [3.8, 4) is 16.9 Å². The Labute approximate surface area is 197 Å². The number of anilines is 1. The van der Waals surface area contributed by atoms with Crippen LogP contribution in [0.25, 0.3) is 16.9 Å². The Hall–Kier alpha value is -4.41. The predicted octanol–water partition coefficient (Wildman–Crippen LogP) is 3.73. The van der Waals surface area contributed by atoms with Gasteiger partial charge in [0.05, 0.1) is 29.1 Å². The molecule has 4 rings (SSSR count). The van der Waals surface area contributed by atoms with E-state index in [-0.39, 0.29) is 22.4 Å². The summed E-state index contributed by atoms with van der Waals surface area (Å²) in [4.78, 5) is 25.4. The van der Waals surface area contributed by atoms with Crippen LogP contribution in [0.5, 0.6) is 0 Å². The van der Waals surface area contributed by atoms with Gasteiger partial charge >= 0.3 is 6.18 Å². The molecule has 2 aromatic carbocycles. The first-order chi connectivity index (χ1) is 16.5. The lowest BCUT2D eigenvalue weighted by molar-refractivity contribution is -0.137. The van der Waals surface area contributed by atoms with Gasteiger partial charge < -0.3 is 11.1 Å². The molecule has 3 N–H and O–H groups in total. The summed E-state index contributed by atoms with van der Waals surface area (Å²) in [5, 5.41) is 10.4. The van der Waals surface area contributed by atoms with Crippen LogP contribution in [0.2, 0.25) is 0 Å². The molecule has 0 aliphatic carbocycles. The Morgan fingerprint density at radius 3 is 2.57 bits per heavy atom. The maximum Gasteiger partial charge on any atom is 0.416 e. The number of nitrogens with one attached hydrogen (secondary N) is 1. The van der Waals surface area contributed by atoms with Gasteiger partial charge in [0, 0.05) is 36.2 Å². The molecule has 0 radical (unpaired) electrons. The molecule has 0 aliphatic heterocycles. The number of pyridine rings is 1. The van der Waals surface area contributed by atoms with Crippen molar-refractivity contribution in [3.05, 3.63) is 94.0 Å². The van der Waals surface area contributed by atoms with Gasteiger partial charge in [-0.15, -0.1) is 5.10 Å².